The molecule has 2 fully saturated rings. The zero-order valence-electron chi connectivity index (χ0n) is 11.8. The molecule has 6 heteroatoms. The topological polar surface area (TPSA) is 53.5 Å². The SMILES string of the molecule is O=C1CN(C2CC2)C(=O)N1Cc1cc(F)cc2cccnc12. The average Bonchev–Trinajstić information content (AvgIpc) is 3.29. The molecule has 1 saturated carbocycles. The minimum absolute atomic E-state index is 0.0617. The molecule has 1 aromatic carbocycles. The Balaban J connectivity index is 1.68. The standard InChI is InChI=1S/C16H14FN3O2/c17-12-6-10-2-1-5-18-15(10)11(7-12)8-20-14(21)9-19(16(20)22)13-3-4-13/h1-2,5-7,13H,3-4,8-9H2. The van der Waals surface area contributed by atoms with Crippen molar-refractivity contribution in [3.63, 3.8) is 0 Å². The summed E-state index contributed by atoms with van der Waals surface area (Å²) in [5, 5.41) is 0.663. The smallest absolute Gasteiger partial charge is 0.312 e. The maximum Gasteiger partial charge on any atom is 0.327 e. The molecule has 0 spiro atoms. The molecule has 3 amide bonds. The third-order valence-electron chi connectivity index (χ3n) is 4.15. The fourth-order valence-electron chi connectivity index (χ4n) is 2.91. The summed E-state index contributed by atoms with van der Waals surface area (Å²) in [7, 11) is 0. The van der Waals surface area contributed by atoms with Crippen molar-refractivity contribution in [2.75, 3.05) is 6.54 Å². The van der Waals surface area contributed by atoms with E-state index in [1.54, 1.807) is 23.2 Å². The first-order valence-corrected chi connectivity index (χ1v) is 7.27. The largest absolute Gasteiger partial charge is 0.327 e. The summed E-state index contributed by atoms with van der Waals surface area (Å²) in [5.74, 6) is -0.626. The van der Waals surface area contributed by atoms with Gasteiger partial charge in [0.1, 0.15) is 12.4 Å². The van der Waals surface area contributed by atoms with Crippen LogP contribution in [0.25, 0.3) is 10.9 Å². The normalized spacial score (nSPS) is 18.6. The van der Waals surface area contributed by atoms with Gasteiger partial charge in [-0.2, -0.15) is 0 Å². The van der Waals surface area contributed by atoms with E-state index in [-0.39, 0.29) is 31.1 Å². The van der Waals surface area contributed by atoms with Crippen LogP contribution in [0.5, 0.6) is 0 Å². The van der Waals surface area contributed by atoms with Crippen LogP contribution in [0.15, 0.2) is 30.5 Å². The van der Waals surface area contributed by atoms with E-state index in [2.05, 4.69) is 4.98 Å². The van der Waals surface area contributed by atoms with Crippen LogP contribution in [0.4, 0.5) is 9.18 Å². The van der Waals surface area contributed by atoms with Gasteiger partial charge in [0.05, 0.1) is 12.1 Å². The highest BCUT2D eigenvalue weighted by Gasteiger charge is 2.43. The van der Waals surface area contributed by atoms with Gasteiger partial charge < -0.3 is 4.90 Å². The molecular weight excluding hydrogens is 285 g/mol. The number of fused-ring (bicyclic) bond motifs is 1. The minimum Gasteiger partial charge on any atom is -0.312 e. The molecule has 112 valence electrons. The molecule has 1 aromatic heterocycles. The number of rotatable bonds is 3. The third-order valence-corrected chi connectivity index (χ3v) is 4.15. The Morgan fingerprint density at radius 1 is 1.27 bits per heavy atom. The van der Waals surface area contributed by atoms with Crippen molar-refractivity contribution in [3.8, 4) is 0 Å². The van der Waals surface area contributed by atoms with Crippen LogP contribution in [0, 0.1) is 5.82 Å². The number of pyridine rings is 1. The summed E-state index contributed by atoms with van der Waals surface area (Å²) in [5.41, 5.74) is 1.17. The van der Waals surface area contributed by atoms with Gasteiger partial charge in [0.25, 0.3) is 5.91 Å². The van der Waals surface area contributed by atoms with Gasteiger partial charge in [-0.25, -0.2) is 9.18 Å². The number of amides is 3. The van der Waals surface area contributed by atoms with Crippen LogP contribution in [-0.4, -0.2) is 39.3 Å². The molecule has 1 saturated heterocycles. The van der Waals surface area contributed by atoms with Crippen LogP contribution in [0.2, 0.25) is 0 Å². The molecule has 2 heterocycles. The quantitative estimate of drug-likeness (QED) is 0.817. The zero-order chi connectivity index (χ0) is 15.3. The first kappa shape index (κ1) is 13.2. The second-order valence-corrected chi connectivity index (χ2v) is 5.76. The first-order chi connectivity index (χ1) is 10.6. The molecule has 1 aliphatic carbocycles. The molecule has 0 radical (unpaired) electrons. The number of imide groups is 1. The Hall–Kier alpha value is -2.50. The fraction of sp³-hybridized carbons (Fsp3) is 0.312. The molecule has 2 aliphatic rings. The van der Waals surface area contributed by atoms with Crippen molar-refractivity contribution in [3.05, 3.63) is 41.8 Å². The fourth-order valence-corrected chi connectivity index (χ4v) is 2.91. The van der Waals surface area contributed by atoms with E-state index in [1.807, 2.05) is 0 Å². The predicted octanol–water partition coefficient (Wildman–Crippen LogP) is 2.30. The second-order valence-electron chi connectivity index (χ2n) is 5.76. The molecule has 4 rings (SSSR count). The van der Waals surface area contributed by atoms with Crippen LogP contribution in [-0.2, 0) is 11.3 Å². The van der Waals surface area contributed by atoms with Crippen molar-refractivity contribution in [2.45, 2.75) is 25.4 Å². The Morgan fingerprint density at radius 3 is 2.86 bits per heavy atom. The molecule has 0 unspecified atom stereocenters. The molecule has 0 atom stereocenters. The molecule has 0 bridgehead atoms. The molecule has 5 nitrogen and oxygen atoms in total. The van der Waals surface area contributed by atoms with Gasteiger partial charge in [-0.15, -0.1) is 0 Å². The average molecular weight is 299 g/mol. The van der Waals surface area contributed by atoms with Gasteiger partial charge in [0.15, 0.2) is 0 Å². The monoisotopic (exact) mass is 299 g/mol. The van der Waals surface area contributed by atoms with Crippen LogP contribution in [0.3, 0.4) is 0 Å². The molecule has 1 aliphatic heterocycles. The maximum absolute atomic E-state index is 13.8. The highest BCUT2D eigenvalue weighted by Crippen LogP contribution is 2.31. The van der Waals surface area contributed by atoms with E-state index in [1.165, 1.54) is 17.0 Å². The van der Waals surface area contributed by atoms with Gasteiger partial charge in [-0.1, -0.05) is 6.07 Å². The van der Waals surface area contributed by atoms with Crippen molar-refractivity contribution >= 4 is 22.8 Å². The Bertz CT molecular complexity index is 788. The van der Waals surface area contributed by atoms with E-state index in [0.717, 1.165) is 12.8 Å². The number of nitrogens with zero attached hydrogens (tertiary/aromatic N) is 3. The summed E-state index contributed by atoms with van der Waals surface area (Å²) < 4.78 is 13.8. The lowest BCUT2D eigenvalue weighted by Gasteiger charge is -2.17. The molecule has 0 N–H and O–H groups in total. The van der Waals surface area contributed by atoms with Crippen molar-refractivity contribution in [1.29, 1.82) is 0 Å². The predicted molar refractivity (Wildman–Crippen MR) is 77.4 cm³/mol. The van der Waals surface area contributed by atoms with Gasteiger partial charge in [-0.3, -0.25) is 14.7 Å². The minimum atomic E-state index is -0.395. The van der Waals surface area contributed by atoms with Gasteiger partial charge >= 0.3 is 6.03 Å². The lowest BCUT2D eigenvalue weighted by molar-refractivity contribution is -0.125. The Labute approximate surface area is 126 Å². The maximum atomic E-state index is 13.8. The van der Waals surface area contributed by atoms with Crippen molar-refractivity contribution < 1.29 is 14.0 Å². The summed E-state index contributed by atoms with van der Waals surface area (Å²) in [6.07, 6.45) is 3.53. The highest BCUT2D eigenvalue weighted by atomic mass is 19.1. The zero-order valence-corrected chi connectivity index (χ0v) is 11.8. The van der Waals surface area contributed by atoms with Crippen molar-refractivity contribution in [2.24, 2.45) is 0 Å². The van der Waals surface area contributed by atoms with E-state index >= 15 is 0 Å². The van der Waals surface area contributed by atoms with Crippen LogP contribution in [0.1, 0.15) is 18.4 Å². The molecular formula is C16H14FN3O2. The summed E-state index contributed by atoms with van der Waals surface area (Å²) >= 11 is 0. The van der Waals surface area contributed by atoms with Crippen LogP contribution < -0.4 is 0 Å². The van der Waals surface area contributed by atoms with Gasteiger partial charge in [0, 0.05) is 23.2 Å². The number of urea groups is 1. The highest BCUT2D eigenvalue weighted by molar-refractivity contribution is 6.02. The first-order valence-electron chi connectivity index (χ1n) is 7.27. The number of carbonyl (C=O) groups is 2. The Kier molecular flexibility index (Phi) is 2.85. The lowest BCUT2D eigenvalue weighted by Crippen LogP contribution is -2.33. The lowest BCUT2D eigenvalue weighted by atomic mass is 10.1. The van der Waals surface area contributed by atoms with Gasteiger partial charge in [-0.05, 0) is 31.0 Å². The second kappa shape index (κ2) is 4.76. The van der Waals surface area contributed by atoms with Crippen LogP contribution >= 0.6 is 0 Å². The summed E-state index contributed by atoms with van der Waals surface area (Å²) in [6.45, 7) is 0.191. The summed E-state index contributed by atoms with van der Waals surface area (Å²) in [6, 6.07) is 6.15. The number of halogens is 1. The number of benzene rings is 1. The Morgan fingerprint density at radius 2 is 2.09 bits per heavy atom. The number of aromatic nitrogens is 1. The van der Waals surface area contributed by atoms with E-state index < -0.39 is 5.82 Å². The van der Waals surface area contributed by atoms with Gasteiger partial charge in [0.2, 0.25) is 0 Å². The number of carbonyl (C=O) groups excluding carboxylic acids is 2. The number of hydrogen-bond donors (Lipinski definition) is 0. The molecule has 2 aromatic rings. The molecule has 22 heavy (non-hydrogen) atoms. The van der Waals surface area contributed by atoms with E-state index in [0.29, 0.717) is 16.5 Å². The summed E-state index contributed by atoms with van der Waals surface area (Å²) in [4.78, 5) is 31.5. The number of hydrogen-bond acceptors (Lipinski definition) is 3. The van der Waals surface area contributed by atoms with Crippen molar-refractivity contribution in [1.82, 2.24) is 14.8 Å². The van der Waals surface area contributed by atoms with E-state index in [9.17, 15) is 14.0 Å². The van der Waals surface area contributed by atoms with E-state index in [4.69, 9.17) is 0 Å². The third kappa shape index (κ3) is 2.11.